The summed E-state index contributed by atoms with van der Waals surface area (Å²) in [5.41, 5.74) is 1.66. The van der Waals surface area contributed by atoms with Gasteiger partial charge in [-0.15, -0.1) is 0 Å². The van der Waals surface area contributed by atoms with Crippen LogP contribution in [0, 0.1) is 17.5 Å². The van der Waals surface area contributed by atoms with E-state index < -0.39 is 11.6 Å². The highest BCUT2D eigenvalue weighted by Crippen LogP contribution is 2.40. The molecule has 3 aromatic carbocycles. The van der Waals surface area contributed by atoms with E-state index in [2.05, 4.69) is 15.9 Å². The fraction of sp³-hybridized carbons (Fsp3) is 0.143. The molecule has 3 aromatic rings. The first-order chi connectivity index (χ1) is 13.4. The van der Waals surface area contributed by atoms with Crippen LogP contribution in [-0.4, -0.2) is 0 Å². The van der Waals surface area contributed by atoms with Gasteiger partial charge in [-0.05, 0) is 78.5 Å². The number of hydrogen-bond acceptors (Lipinski definition) is 2. The highest BCUT2D eigenvalue weighted by atomic mass is 79.9. The van der Waals surface area contributed by atoms with Crippen LogP contribution in [0.2, 0.25) is 5.02 Å². The van der Waals surface area contributed by atoms with E-state index in [1.807, 2.05) is 6.92 Å². The lowest BCUT2D eigenvalue weighted by Gasteiger charge is -2.31. The van der Waals surface area contributed by atoms with E-state index in [0.717, 1.165) is 34.2 Å². The molecule has 1 atom stereocenters. The van der Waals surface area contributed by atoms with Crippen molar-refractivity contribution in [2.45, 2.75) is 23.2 Å². The predicted octanol–water partition coefficient (Wildman–Crippen LogP) is 7.93. The largest absolute Gasteiger partial charge is 0.302 e. The molecule has 0 N–H and O–H groups in total. The lowest BCUT2D eigenvalue weighted by atomic mass is 10.0. The van der Waals surface area contributed by atoms with Crippen LogP contribution >= 0.6 is 39.5 Å². The zero-order valence-corrected chi connectivity index (χ0v) is 18.0. The summed E-state index contributed by atoms with van der Waals surface area (Å²) in [6.07, 6.45) is 0. The molecule has 0 bridgehead atoms. The smallest absolute Gasteiger partial charge is 0.147 e. The summed E-state index contributed by atoms with van der Waals surface area (Å²) in [6.45, 7) is 1.87. The van der Waals surface area contributed by atoms with Crippen LogP contribution in [-0.2, 0) is 5.33 Å². The lowest BCUT2D eigenvalue weighted by molar-refractivity contribution is 0.596. The van der Waals surface area contributed by atoms with Crippen molar-refractivity contribution < 1.29 is 13.2 Å². The lowest BCUT2D eigenvalue weighted by Crippen LogP contribution is -2.21. The molecule has 1 nitrogen and oxygen atoms in total. The second-order valence-electron chi connectivity index (χ2n) is 6.12. The highest BCUT2D eigenvalue weighted by Gasteiger charge is 2.24. The monoisotopic (exact) mass is 485 g/mol. The number of rotatable bonds is 6. The Bertz CT molecular complexity index is 968. The number of benzene rings is 3. The van der Waals surface area contributed by atoms with Crippen molar-refractivity contribution in [2.24, 2.45) is 0 Å². The number of alkyl halides is 1. The summed E-state index contributed by atoms with van der Waals surface area (Å²) in [4.78, 5) is 0.808. The Morgan fingerprint density at radius 3 is 2.29 bits per heavy atom. The van der Waals surface area contributed by atoms with Gasteiger partial charge in [-0.2, -0.15) is 0 Å². The summed E-state index contributed by atoms with van der Waals surface area (Å²) < 4.78 is 43.8. The minimum absolute atomic E-state index is 0.109. The van der Waals surface area contributed by atoms with Gasteiger partial charge >= 0.3 is 0 Å². The summed E-state index contributed by atoms with van der Waals surface area (Å²) in [5.74, 6) is -1.43. The molecular weight excluding hydrogens is 471 g/mol. The van der Waals surface area contributed by atoms with E-state index in [1.54, 1.807) is 34.6 Å². The van der Waals surface area contributed by atoms with Gasteiger partial charge in [0, 0.05) is 21.3 Å². The maximum absolute atomic E-state index is 14.6. The second kappa shape index (κ2) is 9.25. The topological polar surface area (TPSA) is 3.24 Å². The number of nitrogens with zero attached hydrogens (tertiary/aromatic N) is 1. The van der Waals surface area contributed by atoms with Crippen molar-refractivity contribution in [1.29, 1.82) is 0 Å². The Labute approximate surface area is 179 Å². The zero-order valence-electron chi connectivity index (χ0n) is 14.8. The molecule has 0 aliphatic rings. The fourth-order valence-electron chi connectivity index (χ4n) is 2.82. The number of anilines is 1. The molecule has 0 amide bonds. The van der Waals surface area contributed by atoms with Gasteiger partial charge in [0.05, 0.1) is 11.7 Å². The van der Waals surface area contributed by atoms with E-state index in [9.17, 15) is 13.2 Å². The Kier molecular flexibility index (Phi) is 6.96. The maximum atomic E-state index is 14.6. The molecule has 146 valence electrons. The predicted molar refractivity (Wildman–Crippen MR) is 114 cm³/mol. The first-order valence-electron chi connectivity index (χ1n) is 8.41. The summed E-state index contributed by atoms with van der Waals surface area (Å²) >= 11 is 10.6. The standard InChI is InChI=1S/C21H16BrClF3NS/c1-13(19-8-4-16(24)10-14(19)12-22)27(21-11-17(25)5-9-20(21)26)28-18-6-2-15(23)3-7-18/h2-11,13H,12H2,1H3. The SMILES string of the molecule is CC(c1ccc(F)cc1CBr)N(Sc1ccc(Cl)cc1)c1cc(F)ccc1F. The van der Waals surface area contributed by atoms with E-state index in [0.29, 0.717) is 10.4 Å². The van der Waals surface area contributed by atoms with Gasteiger partial charge in [-0.25, -0.2) is 13.2 Å². The minimum atomic E-state index is -0.544. The van der Waals surface area contributed by atoms with Crippen LogP contribution in [0.25, 0.3) is 0 Å². The van der Waals surface area contributed by atoms with Crippen LogP contribution in [0.15, 0.2) is 65.6 Å². The van der Waals surface area contributed by atoms with Gasteiger partial charge in [0.1, 0.15) is 17.5 Å². The van der Waals surface area contributed by atoms with Crippen molar-refractivity contribution >= 4 is 45.2 Å². The molecule has 0 radical (unpaired) electrons. The third-order valence-corrected chi connectivity index (χ3v) is 6.26. The molecule has 0 saturated heterocycles. The Hall–Kier alpha value is -1.63. The molecule has 3 rings (SSSR count). The molecule has 0 fully saturated rings. The number of hydrogen-bond donors (Lipinski definition) is 0. The molecule has 7 heteroatoms. The van der Waals surface area contributed by atoms with Crippen molar-refractivity contribution in [3.63, 3.8) is 0 Å². The van der Waals surface area contributed by atoms with Gasteiger partial charge < -0.3 is 4.31 Å². The van der Waals surface area contributed by atoms with Crippen molar-refractivity contribution in [3.8, 4) is 0 Å². The van der Waals surface area contributed by atoms with Crippen LogP contribution in [0.4, 0.5) is 18.9 Å². The third kappa shape index (κ3) is 4.85. The van der Waals surface area contributed by atoms with Crippen molar-refractivity contribution in [1.82, 2.24) is 0 Å². The zero-order chi connectivity index (χ0) is 20.3. The second-order valence-corrected chi connectivity index (χ2v) is 8.16. The number of halogens is 5. The first-order valence-corrected chi connectivity index (χ1v) is 10.7. The molecule has 28 heavy (non-hydrogen) atoms. The average molecular weight is 487 g/mol. The van der Waals surface area contributed by atoms with E-state index in [4.69, 9.17) is 11.6 Å². The van der Waals surface area contributed by atoms with E-state index in [1.165, 1.54) is 24.1 Å². The first kappa shape index (κ1) is 21.1. The van der Waals surface area contributed by atoms with Crippen molar-refractivity contribution in [2.75, 3.05) is 4.31 Å². The van der Waals surface area contributed by atoms with Crippen LogP contribution in [0.5, 0.6) is 0 Å². The molecule has 0 heterocycles. The van der Waals surface area contributed by atoms with Crippen molar-refractivity contribution in [3.05, 3.63) is 94.3 Å². The summed E-state index contributed by atoms with van der Waals surface area (Å²) in [5, 5.41) is 1.02. The highest BCUT2D eigenvalue weighted by molar-refractivity contribution is 9.08. The van der Waals surface area contributed by atoms with Gasteiger partial charge in [-0.1, -0.05) is 33.6 Å². The molecule has 0 aliphatic carbocycles. The summed E-state index contributed by atoms with van der Waals surface area (Å²) in [7, 11) is 0. The van der Waals surface area contributed by atoms with Crippen LogP contribution in [0.3, 0.4) is 0 Å². The molecule has 0 spiro atoms. The average Bonchev–Trinajstić information content (AvgIpc) is 2.69. The normalized spacial score (nSPS) is 12.1. The quantitative estimate of drug-likeness (QED) is 0.257. The fourth-order valence-corrected chi connectivity index (χ4v) is 4.43. The Morgan fingerprint density at radius 2 is 1.61 bits per heavy atom. The van der Waals surface area contributed by atoms with Gasteiger partial charge in [-0.3, -0.25) is 0 Å². The van der Waals surface area contributed by atoms with Crippen LogP contribution in [0.1, 0.15) is 24.1 Å². The molecular formula is C21H16BrClF3NS. The minimum Gasteiger partial charge on any atom is -0.302 e. The maximum Gasteiger partial charge on any atom is 0.147 e. The summed E-state index contributed by atoms with van der Waals surface area (Å²) in [6, 6.07) is 14.5. The van der Waals surface area contributed by atoms with Gasteiger partial charge in [0.15, 0.2) is 0 Å². The van der Waals surface area contributed by atoms with Gasteiger partial charge in [0.25, 0.3) is 0 Å². The molecule has 0 aliphatic heterocycles. The third-order valence-electron chi connectivity index (χ3n) is 4.21. The Morgan fingerprint density at radius 1 is 0.964 bits per heavy atom. The van der Waals surface area contributed by atoms with E-state index >= 15 is 0 Å². The molecule has 0 aromatic heterocycles. The van der Waals surface area contributed by atoms with Crippen LogP contribution < -0.4 is 4.31 Å². The molecule has 0 saturated carbocycles. The van der Waals surface area contributed by atoms with E-state index in [-0.39, 0.29) is 17.5 Å². The Balaban J connectivity index is 2.07. The molecule has 1 unspecified atom stereocenters. The van der Waals surface area contributed by atoms with Gasteiger partial charge in [0.2, 0.25) is 0 Å².